The Kier molecular flexibility index (Phi) is 6.88. The number of carbonyl (C=O) groups is 2. The number of hydrogen-bond acceptors (Lipinski definition) is 6. The molecule has 9 heteroatoms. The number of nitrogens with one attached hydrogen (secondary N) is 2. The summed E-state index contributed by atoms with van der Waals surface area (Å²) in [5, 5.41) is 8.51. The first-order valence-corrected chi connectivity index (χ1v) is 12.0. The zero-order valence-corrected chi connectivity index (χ0v) is 19.5. The number of benzene rings is 4. The minimum absolute atomic E-state index is 0.0617. The van der Waals surface area contributed by atoms with Gasteiger partial charge >= 0.3 is 10.1 Å². The molecule has 0 unspecified atom stereocenters. The van der Waals surface area contributed by atoms with E-state index in [1.54, 1.807) is 24.3 Å². The van der Waals surface area contributed by atoms with Gasteiger partial charge in [0.05, 0.1) is 6.21 Å². The third-order valence-corrected chi connectivity index (χ3v) is 6.18. The molecular weight excluding hydrogens is 466 g/mol. The van der Waals surface area contributed by atoms with Crippen molar-refractivity contribution in [2.75, 3.05) is 5.32 Å². The Bertz CT molecular complexity index is 1530. The summed E-state index contributed by atoms with van der Waals surface area (Å²) in [7, 11) is -4.09. The molecule has 0 aliphatic carbocycles. The Morgan fingerprint density at radius 3 is 2.34 bits per heavy atom. The van der Waals surface area contributed by atoms with Gasteiger partial charge in [-0.15, -0.1) is 0 Å². The number of amides is 2. The van der Waals surface area contributed by atoms with Crippen molar-refractivity contribution in [3.63, 3.8) is 0 Å². The maximum absolute atomic E-state index is 12.6. The van der Waals surface area contributed by atoms with Gasteiger partial charge in [-0.05, 0) is 64.9 Å². The molecule has 0 heterocycles. The average Bonchev–Trinajstić information content (AvgIpc) is 2.83. The Balaban J connectivity index is 1.41. The quantitative estimate of drug-likeness (QED) is 0.229. The highest BCUT2D eigenvalue weighted by molar-refractivity contribution is 7.87. The van der Waals surface area contributed by atoms with Crippen LogP contribution in [0.15, 0.2) is 101 Å². The Labute approximate surface area is 202 Å². The third kappa shape index (κ3) is 6.10. The predicted octanol–water partition coefficient (Wildman–Crippen LogP) is 4.33. The standard InChI is InChI=1S/C26H21N3O5S/c1-18(30)28-23-11-13-25(14-12-23)35(32,33)34-24-8-4-5-19(15-24)17-27-29-26(31)22-10-9-20-6-2-3-7-21(20)16-22/h2-17H,1H3,(H,28,30)(H,29,31)/b27-17-. The number of rotatable bonds is 7. The highest BCUT2D eigenvalue weighted by atomic mass is 32.2. The second-order valence-electron chi connectivity index (χ2n) is 7.58. The topological polar surface area (TPSA) is 114 Å². The molecule has 0 aromatic heterocycles. The van der Waals surface area contributed by atoms with E-state index in [0.717, 1.165) is 10.8 Å². The first-order valence-electron chi connectivity index (χ1n) is 10.5. The van der Waals surface area contributed by atoms with E-state index < -0.39 is 10.1 Å². The fourth-order valence-corrected chi connectivity index (χ4v) is 4.21. The summed E-state index contributed by atoms with van der Waals surface area (Å²) in [6.07, 6.45) is 1.39. The smallest absolute Gasteiger partial charge is 0.339 e. The fraction of sp³-hybridized carbons (Fsp3) is 0.0385. The van der Waals surface area contributed by atoms with Gasteiger partial charge in [0.1, 0.15) is 10.6 Å². The van der Waals surface area contributed by atoms with Crippen molar-refractivity contribution in [2.45, 2.75) is 11.8 Å². The lowest BCUT2D eigenvalue weighted by atomic mass is 10.1. The molecule has 0 saturated carbocycles. The van der Waals surface area contributed by atoms with Gasteiger partial charge in [-0.2, -0.15) is 13.5 Å². The number of hydrogen-bond donors (Lipinski definition) is 2. The zero-order chi connectivity index (χ0) is 24.8. The summed E-state index contributed by atoms with van der Waals surface area (Å²) in [6, 6.07) is 25.0. The lowest BCUT2D eigenvalue weighted by Crippen LogP contribution is -2.17. The predicted molar refractivity (Wildman–Crippen MR) is 134 cm³/mol. The molecule has 0 fully saturated rings. The molecule has 0 spiro atoms. The molecule has 2 N–H and O–H groups in total. The average molecular weight is 488 g/mol. The molecule has 0 atom stereocenters. The van der Waals surface area contributed by atoms with E-state index in [2.05, 4.69) is 15.8 Å². The van der Waals surface area contributed by atoms with Gasteiger partial charge in [-0.1, -0.05) is 42.5 Å². The fourth-order valence-electron chi connectivity index (χ4n) is 3.29. The van der Waals surface area contributed by atoms with E-state index >= 15 is 0 Å². The Hall–Kier alpha value is -4.50. The van der Waals surface area contributed by atoms with Gasteiger partial charge < -0.3 is 9.50 Å². The molecule has 0 saturated heterocycles. The monoisotopic (exact) mass is 487 g/mol. The van der Waals surface area contributed by atoms with Gasteiger partial charge in [-0.3, -0.25) is 9.59 Å². The number of fused-ring (bicyclic) bond motifs is 1. The van der Waals surface area contributed by atoms with E-state index in [4.69, 9.17) is 4.18 Å². The van der Waals surface area contributed by atoms with E-state index in [-0.39, 0.29) is 22.5 Å². The summed E-state index contributed by atoms with van der Waals surface area (Å²) < 4.78 is 30.4. The molecule has 0 aliphatic rings. The second kappa shape index (κ2) is 10.2. The molecule has 0 bridgehead atoms. The second-order valence-corrected chi connectivity index (χ2v) is 9.12. The van der Waals surface area contributed by atoms with Gasteiger partial charge in [0, 0.05) is 18.2 Å². The number of hydrazone groups is 1. The number of nitrogens with zero attached hydrogens (tertiary/aromatic N) is 1. The molecule has 2 amide bonds. The van der Waals surface area contributed by atoms with Crippen LogP contribution in [0.25, 0.3) is 10.8 Å². The molecule has 0 aliphatic heterocycles. The lowest BCUT2D eigenvalue weighted by Gasteiger charge is -2.08. The van der Waals surface area contributed by atoms with Crippen molar-refractivity contribution in [1.82, 2.24) is 5.43 Å². The molecule has 176 valence electrons. The molecule has 8 nitrogen and oxygen atoms in total. The normalized spacial score (nSPS) is 11.3. The van der Waals surface area contributed by atoms with Crippen LogP contribution in [-0.4, -0.2) is 26.4 Å². The summed E-state index contributed by atoms with van der Waals surface area (Å²) in [4.78, 5) is 23.5. The van der Waals surface area contributed by atoms with Crippen LogP contribution in [0.3, 0.4) is 0 Å². The van der Waals surface area contributed by atoms with Gasteiger partial charge in [0.2, 0.25) is 5.91 Å². The minimum atomic E-state index is -4.09. The van der Waals surface area contributed by atoms with Crippen LogP contribution in [0.4, 0.5) is 5.69 Å². The van der Waals surface area contributed by atoms with Crippen LogP contribution in [0, 0.1) is 0 Å². The van der Waals surface area contributed by atoms with Crippen LogP contribution in [0.1, 0.15) is 22.8 Å². The number of anilines is 1. The van der Waals surface area contributed by atoms with Crippen LogP contribution >= 0.6 is 0 Å². The maximum atomic E-state index is 12.6. The number of carbonyl (C=O) groups excluding carboxylic acids is 2. The largest absolute Gasteiger partial charge is 0.379 e. The van der Waals surface area contributed by atoms with Crippen molar-refractivity contribution in [3.8, 4) is 5.75 Å². The van der Waals surface area contributed by atoms with Crippen molar-refractivity contribution < 1.29 is 22.2 Å². The van der Waals surface area contributed by atoms with Gasteiger partial charge in [0.25, 0.3) is 5.91 Å². The van der Waals surface area contributed by atoms with E-state index in [0.29, 0.717) is 16.8 Å². The highest BCUT2D eigenvalue weighted by Crippen LogP contribution is 2.21. The first-order chi connectivity index (χ1) is 16.8. The van der Waals surface area contributed by atoms with Crippen molar-refractivity contribution in [2.24, 2.45) is 5.10 Å². The van der Waals surface area contributed by atoms with Gasteiger partial charge in [0.15, 0.2) is 0 Å². The van der Waals surface area contributed by atoms with Crippen LogP contribution < -0.4 is 14.9 Å². The van der Waals surface area contributed by atoms with Crippen LogP contribution in [0.5, 0.6) is 5.75 Å². The van der Waals surface area contributed by atoms with E-state index in [1.807, 2.05) is 30.3 Å². The molecule has 35 heavy (non-hydrogen) atoms. The minimum Gasteiger partial charge on any atom is -0.379 e. The molecule has 4 aromatic carbocycles. The van der Waals surface area contributed by atoms with Gasteiger partial charge in [-0.25, -0.2) is 5.43 Å². The summed E-state index contributed by atoms with van der Waals surface area (Å²) in [6.45, 7) is 1.36. The zero-order valence-electron chi connectivity index (χ0n) is 18.6. The summed E-state index contributed by atoms with van der Waals surface area (Å²) >= 11 is 0. The lowest BCUT2D eigenvalue weighted by molar-refractivity contribution is -0.114. The summed E-state index contributed by atoms with van der Waals surface area (Å²) in [5.41, 5.74) is 3.93. The maximum Gasteiger partial charge on any atom is 0.339 e. The third-order valence-electron chi connectivity index (χ3n) is 4.92. The van der Waals surface area contributed by atoms with Crippen molar-refractivity contribution >= 4 is 44.6 Å². The van der Waals surface area contributed by atoms with Crippen LogP contribution in [0.2, 0.25) is 0 Å². The molecule has 4 rings (SSSR count). The van der Waals surface area contributed by atoms with Crippen molar-refractivity contribution in [1.29, 1.82) is 0 Å². The molecular formula is C26H21N3O5S. The highest BCUT2D eigenvalue weighted by Gasteiger charge is 2.17. The molecule has 0 radical (unpaired) electrons. The molecule has 4 aromatic rings. The first kappa shape index (κ1) is 23.7. The van der Waals surface area contributed by atoms with Crippen molar-refractivity contribution in [3.05, 3.63) is 102 Å². The van der Waals surface area contributed by atoms with E-state index in [1.165, 1.54) is 49.5 Å². The summed E-state index contributed by atoms with van der Waals surface area (Å²) in [5.74, 6) is -0.547. The Morgan fingerprint density at radius 1 is 0.857 bits per heavy atom. The van der Waals surface area contributed by atoms with Crippen LogP contribution in [-0.2, 0) is 14.9 Å². The SMILES string of the molecule is CC(=O)Nc1ccc(S(=O)(=O)Oc2cccc(/C=N\NC(=O)c3ccc4ccccc4c3)c2)cc1. The Morgan fingerprint density at radius 2 is 1.60 bits per heavy atom. The van der Waals surface area contributed by atoms with E-state index in [9.17, 15) is 18.0 Å².